The second-order valence-electron chi connectivity index (χ2n) is 4.47. The molecule has 6 heteroatoms. The van der Waals surface area contributed by atoms with Crippen molar-refractivity contribution >= 4 is 38.9 Å². The maximum Gasteiger partial charge on any atom is 0.263 e. The Balaban J connectivity index is 1.88. The molecular formula is C15H12ClNO3S. The summed E-state index contributed by atoms with van der Waals surface area (Å²) in [7, 11) is 0. The summed E-state index contributed by atoms with van der Waals surface area (Å²) >= 11 is 7.59. The monoisotopic (exact) mass is 321 g/mol. The Morgan fingerprint density at radius 1 is 1.33 bits per heavy atom. The molecule has 4 nitrogen and oxygen atoms in total. The van der Waals surface area contributed by atoms with Crippen LogP contribution in [0.5, 0.6) is 0 Å². The number of amides is 1. The van der Waals surface area contributed by atoms with Crippen LogP contribution in [0.25, 0.3) is 10.1 Å². The first kappa shape index (κ1) is 14.1. The van der Waals surface area contributed by atoms with Gasteiger partial charge in [0.05, 0.1) is 17.9 Å². The highest BCUT2D eigenvalue weighted by atomic mass is 35.5. The maximum absolute atomic E-state index is 12.4. The number of rotatable bonds is 4. The van der Waals surface area contributed by atoms with Gasteiger partial charge in [0.1, 0.15) is 16.7 Å². The third kappa shape index (κ3) is 2.68. The number of aliphatic hydroxyl groups is 1. The number of fused-ring (bicyclic) bond motifs is 1. The Morgan fingerprint density at radius 3 is 2.81 bits per heavy atom. The van der Waals surface area contributed by atoms with Crippen LogP contribution in [0.15, 0.2) is 47.1 Å². The van der Waals surface area contributed by atoms with Crippen LogP contribution in [0.3, 0.4) is 0 Å². The first-order valence-electron chi connectivity index (χ1n) is 6.33. The third-order valence-electron chi connectivity index (χ3n) is 3.12. The van der Waals surface area contributed by atoms with Crippen LogP contribution < -0.4 is 5.32 Å². The molecule has 2 heterocycles. The summed E-state index contributed by atoms with van der Waals surface area (Å²) < 4.78 is 6.16. The van der Waals surface area contributed by atoms with Gasteiger partial charge in [-0.1, -0.05) is 29.8 Å². The van der Waals surface area contributed by atoms with Crippen molar-refractivity contribution in [2.45, 2.75) is 6.04 Å². The van der Waals surface area contributed by atoms with E-state index in [1.54, 1.807) is 12.1 Å². The predicted molar refractivity (Wildman–Crippen MR) is 82.8 cm³/mol. The molecule has 1 unspecified atom stereocenters. The molecule has 0 spiro atoms. The van der Waals surface area contributed by atoms with E-state index < -0.39 is 6.04 Å². The zero-order valence-electron chi connectivity index (χ0n) is 10.9. The number of carbonyl (C=O) groups is 1. The Hall–Kier alpha value is -1.82. The molecule has 0 bridgehead atoms. The zero-order valence-corrected chi connectivity index (χ0v) is 12.4. The summed E-state index contributed by atoms with van der Waals surface area (Å²) in [6, 6.07) is 10.4. The van der Waals surface area contributed by atoms with Crippen molar-refractivity contribution in [1.29, 1.82) is 0 Å². The number of hydrogen-bond donors (Lipinski definition) is 2. The van der Waals surface area contributed by atoms with Gasteiger partial charge < -0.3 is 14.8 Å². The number of carbonyl (C=O) groups excluding carboxylic acids is 1. The zero-order chi connectivity index (χ0) is 14.8. The lowest BCUT2D eigenvalue weighted by atomic mass is 10.2. The molecule has 0 aliphatic heterocycles. The Labute approximate surface area is 130 Å². The van der Waals surface area contributed by atoms with Crippen LogP contribution in [0.1, 0.15) is 21.5 Å². The molecule has 0 aliphatic rings. The van der Waals surface area contributed by atoms with E-state index in [2.05, 4.69) is 5.32 Å². The standard InChI is InChI=1S/C15H12ClNO3S/c16-13-9-4-1-2-6-12(9)21-14(13)15(19)17-10(8-18)11-5-3-7-20-11/h1-7,10,18H,8H2,(H,17,19). The Morgan fingerprint density at radius 2 is 2.14 bits per heavy atom. The lowest BCUT2D eigenvalue weighted by Gasteiger charge is -2.13. The lowest BCUT2D eigenvalue weighted by molar-refractivity contribution is 0.0911. The highest BCUT2D eigenvalue weighted by Crippen LogP contribution is 2.35. The summed E-state index contributed by atoms with van der Waals surface area (Å²) in [5, 5.41) is 13.4. The van der Waals surface area contributed by atoms with E-state index in [0.29, 0.717) is 15.7 Å². The summed E-state index contributed by atoms with van der Waals surface area (Å²) in [6.07, 6.45) is 1.50. The maximum atomic E-state index is 12.4. The largest absolute Gasteiger partial charge is 0.467 e. The minimum atomic E-state index is -0.589. The Bertz CT molecular complexity index is 766. The molecule has 0 saturated carbocycles. The fourth-order valence-corrected chi connectivity index (χ4v) is 3.50. The minimum absolute atomic E-state index is 0.248. The van der Waals surface area contributed by atoms with Gasteiger partial charge in [-0.25, -0.2) is 0 Å². The van der Waals surface area contributed by atoms with Gasteiger partial charge in [-0.2, -0.15) is 0 Å². The lowest BCUT2D eigenvalue weighted by Crippen LogP contribution is -2.30. The number of furan rings is 1. The first-order chi connectivity index (χ1) is 10.2. The molecule has 108 valence electrons. The van der Waals surface area contributed by atoms with E-state index in [9.17, 15) is 9.90 Å². The summed E-state index contributed by atoms with van der Waals surface area (Å²) in [6.45, 7) is -0.248. The van der Waals surface area contributed by atoms with Crippen LogP contribution in [0.2, 0.25) is 5.02 Å². The summed E-state index contributed by atoms with van der Waals surface area (Å²) in [4.78, 5) is 12.8. The van der Waals surface area contributed by atoms with E-state index in [1.165, 1.54) is 17.6 Å². The average Bonchev–Trinajstić information content (AvgIpc) is 3.13. The second kappa shape index (κ2) is 5.89. The number of aliphatic hydroxyl groups excluding tert-OH is 1. The van der Waals surface area contributed by atoms with Gasteiger partial charge >= 0.3 is 0 Å². The van der Waals surface area contributed by atoms with Gasteiger partial charge in [0.15, 0.2) is 0 Å². The van der Waals surface area contributed by atoms with E-state index in [-0.39, 0.29) is 12.5 Å². The molecule has 2 N–H and O–H groups in total. The van der Waals surface area contributed by atoms with Crippen molar-refractivity contribution in [1.82, 2.24) is 5.32 Å². The van der Waals surface area contributed by atoms with Crippen molar-refractivity contribution in [2.75, 3.05) is 6.61 Å². The first-order valence-corrected chi connectivity index (χ1v) is 7.52. The van der Waals surface area contributed by atoms with Gasteiger partial charge in [0.25, 0.3) is 5.91 Å². The summed E-state index contributed by atoms with van der Waals surface area (Å²) in [5.74, 6) is 0.180. The van der Waals surface area contributed by atoms with Crippen molar-refractivity contribution in [3.8, 4) is 0 Å². The van der Waals surface area contributed by atoms with Crippen molar-refractivity contribution in [3.63, 3.8) is 0 Å². The van der Waals surface area contributed by atoms with Gasteiger partial charge in [0.2, 0.25) is 0 Å². The number of thiophene rings is 1. The van der Waals surface area contributed by atoms with E-state index in [0.717, 1.165) is 10.1 Å². The third-order valence-corrected chi connectivity index (χ3v) is 4.79. The highest BCUT2D eigenvalue weighted by molar-refractivity contribution is 7.21. The van der Waals surface area contributed by atoms with Crippen molar-refractivity contribution in [2.24, 2.45) is 0 Å². The number of hydrogen-bond acceptors (Lipinski definition) is 4. The average molecular weight is 322 g/mol. The SMILES string of the molecule is O=C(NC(CO)c1ccco1)c1sc2ccccc2c1Cl. The molecule has 0 aliphatic carbocycles. The van der Waals surface area contributed by atoms with Crippen molar-refractivity contribution < 1.29 is 14.3 Å². The molecule has 3 rings (SSSR count). The number of halogens is 1. The molecule has 21 heavy (non-hydrogen) atoms. The van der Waals surface area contributed by atoms with E-state index in [4.69, 9.17) is 16.0 Å². The molecule has 0 radical (unpaired) electrons. The molecule has 1 atom stereocenters. The van der Waals surface area contributed by atoms with Crippen LogP contribution >= 0.6 is 22.9 Å². The van der Waals surface area contributed by atoms with Crippen LogP contribution in [0, 0.1) is 0 Å². The number of benzene rings is 1. The summed E-state index contributed by atoms with van der Waals surface area (Å²) in [5.41, 5.74) is 0. The highest BCUT2D eigenvalue weighted by Gasteiger charge is 2.21. The van der Waals surface area contributed by atoms with Crippen LogP contribution in [-0.2, 0) is 0 Å². The molecule has 0 fully saturated rings. The van der Waals surface area contributed by atoms with Gasteiger partial charge in [0, 0.05) is 10.1 Å². The molecule has 0 saturated heterocycles. The topological polar surface area (TPSA) is 62.5 Å². The van der Waals surface area contributed by atoms with Crippen LogP contribution in [-0.4, -0.2) is 17.6 Å². The Kier molecular flexibility index (Phi) is 3.96. The molecule has 1 amide bonds. The molecular weight excluding hydrogens is 310 g/mol. The fourth-order valence-electron chi connectivity index (χ4n) is 2.08. The number of nitrogens with one attached hydrogen (secondary N) is 1. The fraction of sp³-hybridized carbons (Fsp3) is 0.133. The predicted octanol–water partition coefficient (Wildman–Crippen LogP) is 3.61. The van der Waals surface area contributed by atoms with Gasteiger partial charge in [-0.3, -0.25) is 4.79 Å². The van der Waals surface area contributed by atoms with Crippen molar-refractivity contribution in [3.05, 3.63) is 58.3 Å². The molecule has 1 aromatic carbocycles. The quantitative estimate of drug-likeness (QED) is 0.771. The second-order valence-corrected chi connectivity index (χ2v) is 5.90. The van der Waals surface area contributed by atoms with Gasteiger partial charge in [-0.05, 0) is 18.2 Å². The molecule has 2 aromatic heterocycles. The normalized spacial score (nSPS) is 12.5. The van der Waals surface area contributed by atoms with E-state index in [1.807, 2.05) is 24.3 Å². The van der Waals surface area contributed by atoms with E-state index >= 15 is 0 Å². The minimum Gasteiger partial charge on any atom is -0.467 e. The van der Waals surface area contributed by atoms with Gasteiger partial charge in [-0.15, -0.1) is 11.3 Å². The molecule has 3 aromatic rings. The van der Waals surface area contributed by atoms with Crippen LogP contribution in [0.4, 0.5) is 0 Å². The smallest absolute Gasteiger partial charge is 0.263 e.